The molecule has 1 amide bonds. The van der Waals surface area contributed by atoms with Gasteiger partial charge in [0.1, 0.15) is 0 Å². The number of rotatable bonds is 4. The molecule has 94 valence electrons. The Bertz CT molecular complexity index is 516. The number of amides is 1. The molecule has 0 spiro atoms. The maximum Gasteiger partial charge on any atom is 0.287 e. The first-order valence-electron chi connectivity index (χ1n) is 6.05. The molecule has 18 heavy (non-hydrogen) atoms. The van der Waals surface area contributed by atoms with E-state index in [9.17, 15) is 4.79 Å². The van der Waals surface area contributed by atoms with Crippen LogP contribution < -0.4 is 5.32 Å². The summed E-state index contributed by atoms with van der Waals surface area (Å²) >= 11 is 0. The third-order valence-electron chi connectivity index (χ3n) is 3.01. The van der Waals surface area contributed by atoms with Gasteiger partial charge in [0.05, 0.1) is 6.26 Å². The normalized spacial score (nSPS) is 12.1. The van der Waals surface area contributed by atoms with Gasteiger partial charge in [0.2, 0.25) is 0 Å². The third-order valence-corrected chi connectivity index (χ3v) is 3.01. The Labute approximate surface area is 107 Å². The number of nitrogens with one attached hydrogen (secondary N) is 1. The molecule has 0 saturated carbocycles. The van der Waals surface area contributed by atoms with E-state index in [0.29, 0.717) is 12.3 Å². The highest BCUT2D eigenvalue weighted by Gasteiger charge is 2.13. The molecule has 0 aliphatic heterocycles. The van der Waals surface area contributed by atoms with Crippen molar-refractivity contribution in [3.63, 3.8) is 0 Å². The van der Waals surface area contributed by atoms with E-state index >= 15 is 0 Å². The van der Waals surface area contributed by atoms with Gasteiger partial charge < -0.3 is 9.73 Å². The summed E-state index contributed by atoms with van der Waals surface area (Å²) in [5.74, 6) is 0.529. The number of carbonyl (C=O) groups is 1. The Morgan fingerprint density at radius 1 is 1.28 bits per heavy atom. The topological polar surface area (TPSA) is 42.2 Å². The van der Waals surface area contributed by atoms with Crippen molar-refractivity contribution >= 4 is 5.91 Å². The summed E-state index contributed by atoms with van der Waals surface area (Å²) in [6.07, 6.45) is 1.53. The predicted octanol–water partition coefficient (Wildman–Crippen LogP) is 3.12. The largest absolute Gasteiger partial charge is 0.459 e. The highest BCUT2D eigenvalue weighted by atomic mass is 16.3. The molecule has 1 unspecified atom stereocenters. The summed E-state index contributed by atoms with van der Waals surface area (Å²) in [5.41, 5.74) is 2.08. The molecule has 0 saturated heterocycles. The first-order chi connectivity index (χ1) is 8.68. The van der Waals surface area contributed by atoms with Crippen LogP contribution in [0.1, 0.15) is 34.5 Å². The summed E-state index contributed by atoms with van der Waals surface area (Å²) in [6.45, 7) is 4.55. The Balaban J connectivity index is 1.93. The lowest BCUT2D eigenvalue weighted by Gasteiger charge is -2.12. The smallest absolute Gasteiger partial charge is 0.287 e. The lowest BCUT2D eigenvalue weighted by atomic mass is 10.0. The molecule has 1 heterocycles. The fourth-order valence-corrected chi connectivity index (χ4v) is 1.83. The Morgan fingerprint density at radius 3 is 2.61 bits per heavy atom. The molecule has 1 atom stereocenters. The van der Waals surface area contributed by atoms with Gasteiger partial charge in [-0.25, -0.2) is 0 Å². The lowest BCUT2D eigenvalue weighted by Crippen LogP contribution is -2.27. The minimum atomic E-state index is -0.153. The Kier molecular flexibility index (Phi) is 3.82. The molecular weight excluding hydrogens is 226 g/mol. The molecule has 1 N–H and O–H groups in total. The van der Waals surface area contributed by atoms with E-state index in [2.05, 4.69) is 24.4 Å². The zero-order valence-corrected chi connectivity index (χ0v) is 10.6. The van der Waals surface area contributed by atoms with E-state index in [-0.39, 0.29) is 11.8 Å². The fourth-order valence-electron chi connectivity index (χ4n) is 1.83. The summed E-state index contributed by atoms with van der Waals surface area (Å²) < 4.78 is 5.15. The number of furan rings is 1. The first kappa shape index (κ1) is 12.4. The molecule has 0 aliphatic carbocycles. The molecule has 2 aromatic rings. The number of hydrogen-bond acceptors (Lipinski definition) is 2. The molecule has 2 rings (SSSR count). The van der Waals surface area contributed by atoms with Gasteiger partial charge in [-0.15, -0.1) is 0 Å². The summed E-state index contributed by atoms with van der Waals surface area (Å²) in [4.78, 5) is 11.9. The number of carbonyl (C=O) groups excluding carboxylic acids is 1. The zero-order valence-electron chi connectivity index (χ0n) is 10.6. The number of hydrogen-bond donors (Lipinski definition) is 1. The maximum atomic E-state index is 11.9. The van der Waals surface area contributed by atoms with Crippen molar-refractivity contribution in [2.45, 2.75) is 19.8 Å². The van der Waals surface area contributed by atoms with Crippen molar-refractivity contribution in [3.05, 3.63) is 59.5 Å². The van der Waals surface area contributed by atoms with E-state index in [4.69, 9.17) is 4.42 Å². The summed E-state index contributed by atoms with van der Waals surface area (Å²) in [6, 6.07) is 11.9. The lowest BCUT2D eigenvalue weighted by molar-refractivity contribution is 0.0923. The zero-order chi connectivity index (χ0) is 13.0. The third kappa shape index (κ3) is 2.80. The maximum absolute atomic E-state index is 11.9. The minimum Gasteiger partial charge on any atom is -0.459 e. The second-order valence-corrected chi connectivity index (χ2v) is 4.45. The highest BCUT2D eigenvalue weighted by Crippen LogP contribution is 2.14. The van der Waals surface area contributed by atoms with Gasteiger partial charge in [0.25, 0.3) is 5.91 Å². The van der Waals surface area contributed by atoms with Crippen LogP contribution in [0.25, 0.3) is 0 Å². The van der Waals surface area contributed by atoms with Crippen molar-refractivity contribution in [2.24, 2.45) is 0 Å². The Hall–Kier alpha value is -2.03. The predicted molar refractivity (Wildman–Crippen MR) is 70.6 cm³/mol. The first-order valence-corrected chi connectivity index (χ1v) is 6.05. The molecule has 3 heteroatoms. The van der Waals surface area contributed by atoms with Crippen LogP contribution in [0.4, 0.5) is 0 Å². The van der Waals surface area contributed by atoms with Crippen LogP contribution in [0.3, 0.4) is 0 Å². The van der Waals surface area contributed by atoms with Crippen LogP contribution >= 0.6 is 0 Å². The molecule has 0 fully saturated rings. The summed E-state index contributed by atoms with van der Waals surface area (Å²) in [5, 5.41) is 2.89. The van der Waals surface area contributed by atoms with Crippen molar-refractivity contribution in [2.75, 3.05) is 6.54 Å². The molecule has 1 aromatic heterocycles. The molecule has 0 radical (unpaired) electrons. The minimum absolute atomic E-state index is 0.153. The van der Waals surface area contributed by atoms with Gasteiger partial charge in [0.15, 0.2) is 5.76 Å². The van der Waals surface area contributed by atoms with Crippen LogP contribution in [0.15, 0.2) is 47.1 Å². The van der Waals surface area contributed by atoms with Gasteiger partial charge >= 0.3 is 0 Å². The molecule has 0 bridgehead atoms. The summed E-state index contributed by atoms with van der Waals surface area (Å²) in [7, 11) is 0. The monoisotopic (exact) mass is 243 g/mol. The molecular formula is C15H17NO2. The molecule has 3 nitrogen and oxygen atoms in total. The average Bonchev–Trinajstić information content (AvgIpc) is 2.83. The van der Waals surface area contributed by atoms with Crippen molar-refractivity contribution < 1.29 is 9.21 Å². The van der Waals surface area contributed by atoms with Gasteiger partial charge in [-0.2, -0.15) is 0 Å². The number of benzene rings is 1. The van der Waals surface area contributed by atoms with Crippen molar-refractivity contribution in [3.8, 4) is 0 Å². The standard InChI is InChI=1S/C15H17NO2/c1-11-8-9-18-14(11)15(17)16-10-12(2)13-6-4-3-5-7-13/h3-9,12H,10H2,1-2H3,(H,16,17). The van der Waals surface area contributed by atoms with Crippen LogP contribution in [0.2, 0.25) is 0 Å². The van der Waals surface area contributed by atoms with E-state index in [1.54, 1.807) is 6.07 Å². The van der Waals surface area contributed by atoms with Crippen LogP contribution in [0, 0.1) is 6.92 Å². The van der Waals surface area contributed by atoms with Crippen LogP contribution in [-0.4, -0.2) is 12.5 Å². The molecule has 0 aliphatic rings. The average molecular weight is 243 g/mol. The second kappa shape index (κ2) is 5.54. The van der Waals surface area contributed by atoms with E-state index in [1.807, 2.05) is 25.1 Å². The van der Waals surface area contributed by atoms with E-state index in [0.717, 1.165) is 5.56 Å². The number of aryl methyl sites for hydroxylation is 1. The SMILES string of the molecule is Cc1ccoc1C(=O)NCC(C)c1ccccc1. The quantitative estimate of drug-likeness (QED) is 0.896. The Morgan fingerprint density at radius 2 is 2.00 bits per heavy atom. The van der Waals surface area contributed by atoms with Crippen LogP contribution in [0.5, 0.6) is 0 Å². The fraction of sp³-hybridized carbons (Fsp3) is 0.267. The highest BCUT2D eigenvalue weighted by molar-refractivity contribution is 5.92. The second-order valence-electron chi connectivity index (χ2n) is 4.45. The van der Waals surface area contributed by atoms with Gasteiger partial charge in [0, 0.05) is 12.1 Å². The van der Waals surface area contributed by atoms with Gasteiger partial charge in [-0.05, 0) is 24.5 Å². The van der Waals surface area contributed by atoms with Gasteiger partial charge in [-0.3, -0.25) is 4.79 Å². The molecule has 1 aromatic carbocycles. The van der Waals surface area contributed by atoms with Crippen LogP contribution in [-0.2, 0) is 0 Å². The van der Waals surface area contributed by atoms with Gasteiger partial charge in [-0.1, -0.05) is 37.3 Å². The van der Waals surface area contributed by atoms with E-state index < -0.39 is 0 Å². The van der Waals surface area contributed by atoms with E-state index in [1.165, 1.54) is 11.8 Å². The van der Waals surface area contributed by atoms with Crippen molar-refractivity contribution in [1.29, 1.82) is 0 Å². The van der Waals surface area contributed by atoms with Crippen molar-refractivity contribution in [1.82, 2.24) is 5.32 Å².